The van der Waals surface area contributed by atoms with Gasteiger partial charge in [-0.05, 0) is 18.9 Å². The molecule has 0 spiro atoms. The number of phenols is 1. The monoisotopic (exact) mass is 255 g/mol. The molecule has 1 aliphatic carbocycles. The summed E-state index contributed by atoms with van der Waals surface area (Å²) in [5.74, 6) is -0.899. The Labute approximate surface area is 103 Å². The number of rotatable bonds is 2. The van der Waals surface area contributed by atoms with E-state index < -0.39 is 11.4 Å². The van der Waals surface area contributed by atoms with E-state index in [9.17, 15) is 14.3 Å². The number of aliphatic imine (C=N–C) groups is 1. The van der Waals surface area contributed by atoms with E-state index in [0.717, 1.165) is 18.9 Å². The Morgan fingerprint density at radius 3 is 2.65 bits per heavy atom. The van der Waals surface area contributed by atoms with Crippen molar-refractivity contribution in [2.45, 2.75) is 31.2 Å². The molecule has 0 aromatic heterocycles. The topological polar surface area (TPSA) is 49.7 Å². The number of hydrogen-bond acceptors (Lipinski definition) is 3. The molecule has 3 nitrogen and oxygen atoms in total. The summed E-state index contributed by atoms with van der Waals surface area (Å²) in [5, 5.41) is 9.36. The molecule has 0 aliphatic heterocycles. The van der Waals surface area contributed by atoms with Gasteiger partial charge in [-0.15, -0.1) is 0 Å². The quantitative estimate of drug-likeness (QED) is 0.651. The second-order valence-electron chi connectivity index (χ2n) is 4.23. The van der Waals surface area contributed by atoms with Crippen molar-refractivity contribution in [3.63, 3.8) is 0 Å². The van der Waals surface area contributed by atoms with Crippen molar-refractivity contribution in [2.75, 3.05) is 0 Å². The largest absolute Gasteiger partial charge is 0.506 e. The molecule has 0 bridgehead atoms. The number of isocyanates is 1. The third kappa shape index (κ3) is 2.06. The summed E-state index contributed by atoms with van der Waals surface area (Å²) in [6, 6.07) is 2.30. The lowest BCUT2D eigenvalue weighted by Crippen LogP contribution is -2.20. The normalized spacial score (nSPS) is 17.8. The maximum Gasteiger partial charge on any atom is 0.235 e. The number of aromatic hydroxyl groups is 1. The lowest BCUT2D eigenvalue weighted by atomic mass is 9.88. The minimum Gasteiger partial charge on any atom is -0.506 e. The highest BCUT2D eigenvalue weighted by atomic mass is 35.5. The van der Waals surface area contributed by atoms with Crippen molar-refractivity contribution in [3.8, 4) is 5.75 Å². The highest BCUT2D eigenvalue weighted by Gasteiger charge is 2.38. The molecule has 0 amide bonds. The Morgan fingerprint density at radius 1 is 1.41 bits per heavy atom. The molecule has 5 heteroatoms. The zero-order valence-electron chi connectivity index (χ0n) is 9.04. The van der Waals surface area contributed by atoms with Gasteiger partial charge in [0.15, 0.2) is 0 Å². The first kappa shape index (κ1) is 12.1. The van der Waals surface area contributed by atoms with Crippen LogP contribution in [0.3, 0.4) is 0 Å². The second-order valence-corrected chi connectivity index (χ2v) is 4.63. The Balaban J connectivity index is 2.57. The fourth-order valence-electron chi connectivity index (χ4n) is 2.38. The van der Waals surface area contributed by atoms with Gasteiger partial charge < -0.3 is 5.11 Å². The average molecular weight is 256 g/mol. The van der Waals surface area contributed by atoms with Crippen molar-refractivity contribution in [2.24, 2.45) is 4.99 Å². The van der Waals surface area contributed by atoms with Gasteiger partial charge in [-0.3, -0.25) is 0 Å². The van der Waals surface area contributed by atoms with Gasteiger partial charge in [-0.1, -0.05) is 24.4 Å². The molecule has 0 saturated heterocycles. The van der Waals surface area contributed by atoms with Crippen LogP contribution in [0.4, 0.5) is 4.39 Å². The van der Waals surface area contributed by atoms with Gasteiger partial charge in [0.25, 0.3) is 0 Å². The van der Waals surface area contributed by atoms with Crippen LogP contribution in [0.15, 0.2) is 17.1 Å². The summed E-state index contributed by atoms with van der Waals surface area (Å²) in [7, 11) is 0. The molecule has 90 valence electrons. The molecule has 0 atom stereocenters. The van der Waals surface area contributed by atoms with Gasteiger partial charge in [0, 0.05) is 11.6 Å². The second kappa shape index (κ2) is 4.47. The summed E-state index contributed by atoms with van der Waals surface area (Å²) in [6.45, 7) is 0. The SMILES string of the molecule is O=C=NC1(c2cc(Cl)c(O)cc2F)CCCC1. The predicted molar refractivity (Wildman–Crippen MR) is 61.3 cm³/mol. The third-order valence-corrected chi connectivity index (χ3v) is 3.53. The molecule has 1 saturated carbocycles. The molecule has 2 rings (SSSR count). The number of nitrogens with zero attached hydrogens (tertiary/aromatic N) is 1. The van der Waals surface area contributed by atoms with Crippen molar-refractivity contribution >= 4 is 17.7 Å². The molecule has 1 aromatic carbocycles. The van der Waals surface area contributed by atoms with E-state index in [0.29, 0.717) is 12.8 Å². The minimum atomic E-state index is -0.858. The van der Waals surface area contributed by atoms with Gasteiger partial charge >= 0.3 is 0 Å². The highest BCUT2D eigenvalue weighted by Crippen LogP contribution is 2.44. The maximum absolute atomic E-state index is 13.8. The Hall–Kier alpha value is -1.38. The fourth-order valence-corrected chi connectivity index (χ4v) is 2.55. The van der Waals surface area contributed by atoms with Crippen LogP contribution in [0.5, 0.6) is 5.75 Å². The fraction of sp³-hybridized carbons (Fsp3) is 0.417. The number of benzene rings is 1. The maximum atomic E-state index is 13.8. The Kier molecular flexibility index (Phi) is 3.18. The average Bonchev–Trinajstić information content (AvgIpc) is 2.73. The standard InChI is InChI=1S/C12H11ClFNO2/c13-9-5-8(10(14)6-11(9)17)12(15-7-16)3-1-2-4-12/h5-6,17H,1-4H2. The van der Waals surface area contributed by atoms with Crippen molar-refractivity contribution in [1.82, 2.24) is 0 Å². The van der Waals surface area contributed by atoms with Crippen molar-refractivity contribution < 1.29 is 14.3 Å². The van der Waals surface area contributed by atoms with Gasteiger partial charge in [0.05, 0.1) is 5.02 Å². The van der Waals surface area contributed by atoms with E-state index in [4.69, 9.17) is 11.6 Å². The molecule has 0 radical (unpaired) electrons. The minimum absolute atomic E-state index is 0.0637. The molecule has 0 heterocycles. The zero-order chi connectivity index (χ0) is 12.5. The van der Waals surface area contributed by atoms with E-state index in [1.165, 1.54) is 12.1 Å². The summed E-state index contributed by atoms with van der Waals surface area (Å²) in [4.78, 5) is 14.3. The van der Waals surface area contributed by atoms with Crippen molar-refractivity contribution in [1.29, 1.82) is 0 Å². The molecule has 17 heavy (non-hydrogen) atoms. The first-order chi connectivity index (χ1) is 8.09. The number of halogens is 2. The summed E-state index contributed by atoms with van der Waals surface area (Å²) in [5.41, 5.74) is -0.593. The first-order valence-corrected chi connectivity index (χ1v) is 5.74. The Bertz CT molecular complexity index is 492. The van der Waals surface area contributed by atoms with Crippen LogP contribution in [0.1, 0.15) is 31.2 Å². The molecule has 1 aromatic rings. The third-order valence-electron chi connectivity index (χ3n) is 3.23. The molecule has 1 aliphatic rings. The van der Waals surface area contributed by atoms with E-state index in [-0.39, 0.29) is 16.3 Å². The van der Waals surface area contributed by atoms with Crippen LogP contribution in [0.2, 0.25) is 5.02 Å². The smallest absolute Gasteiger partial charge is 0.235 e. The number of carbonyl (C=O) groups excluding carboxylic acids is 1. The van der Waals surface area contributed by atoms with Crippen molar-refractivity contribution in [3.05, 3.63) is 28.5 Å². The van der Waals surface area contributed by atoms with Gasteiger partial charge in [-0.25, -0.2) is 9.18 Å². The lowest BCUT2D eigenvalue weighted by molar-refractivity contribution is 0.423. The van der Waals surface area contributed by atoms with Crippen LogP contribution in [-0.2, 0) is 10.3 Å². The van der Waals surface area contributed by atoms with Crippen LogP contribution in [-0.4, -0.2) is 11.2 Å². The number of hydrogen-bond donors (Lipinski definition) is 1. The van der Waals surface area contributed by atoms with Crippen LogP contribution >= 0.6 is 11.6 Å². The lowest BCUT2D eigenvalue weighted by Gasteiger charge is -2.23. The number of phenolic OH excluding ortho intramolecular Hbond substituents is 1. The molecule has 1 fully saturated rings. The van der Waals surface area contributed by atoms with Crippen LogP contribution in [0, 0.1) is 5.82 Å². The van der Waals surface area contributed by atoms with Gasteiger partial charge in [0.1, 0.15) is 17.1 Å². The van der Waals surface area contributed by atoms with Gasteiger partial charge in [-0.2, -0.15) is 4.99 Å². The summed E-state index contributed by atoms with van der Waals surface area (Å²) in [6.07, 6.45) is 4.46. The van der Waals surface area contributed by atoms with E-state index >= 15 is 0 Å². The van der Waals surface area contributed by atoms with E-state index in [1.54, 1.807) is 0 Å². The Morgan fingerprint density at radius 2 is 2.06 bits per heavy atom. The zero-order valence-corrected chi connectivity index (χ0v) is 9.80. The first-order valence-electron chi connectivity index (χ1n) is 5.36. The molecular weight excluding hydrogens is 245 g/mol. The van der Waals surface area contributed by atoms with Crippen LogP contribution in [0.25, 0.3) is 0 Å². The molecular formula is C12H11ClFNO2. The summed E-state index contributed by atoms with van der Waals surface area (Å²) < 4.78 is 13.8. The van der Waals surface area contributed by atoms with E-state index in [2.05, 4.69) is 4.99 Å². The highest BCUT2D eigenvalue weighted by molar-refractivity contribution is 6.32. The van der Waals surface area contributed by atoms with Crippen LogP contribution < -0.4 is 0 Å². The van der Waals surface area contributed by atoms with Gasteiger partial charge in [0.2, 0.25) is 6.08 Å². The molecule has 0 unspecified atom stereocenters. The molecule has 1 N–H and O–H groups in total. The summed E-state index contributed by atoms with van der Waals surface area (Å²) >= 11 is 5.77. The predicted octanol–water partition coefficient (Wildman–Crippen LogP) is 3.29. The van der Waals surface area contributed by atoms with E-state index in [1.807, 2.05) is 0 Å².